The molecule has 0 spiro atoms. The molecular formula is C15H19ClN4O3S. The van der Waals surface area contributed by atoms with E-state index in [1.165, 1.54) is 16.7 Å². The van der Waals surface area contributed by atoms with E-state index in [1.54, 1.807) is 30.8 Å². The lowest BCUT2D eigenvalue weighted by atomic mass is 10.1. The van der Waals surface area contributed by atoms with Crippen LogP contribution >= 0.6 is 11.6 Å². The Hall–Kier alpha value is -1.64. The number of rotatable bonds is 4. The van der Waals surface area contributed by atoms with Crippen LogP contribution < -0.4 is 4.74 Å². The first-order chi connectivity index (χ1) is 11.4. The first-order valence-corrected chi connectivity index (χ1v) is 9.46. The van der Waals surface area contributed by atoms with E-state index in [1.807, 2.05) is 0 Å². The zero-order valence-electron chi connectivity index (χ0n) is 13.5. The Morgan fingerprint density at radius 3 is 2.88 bits per heavy atom. The number of aromatic nitrogens is 3. The fourth-order valence-electron chi connectivity index (χ4n) is 2.64. The molecule has 7 nitrogen and oxygen atoms in total. The molecule has 0 saturated carbocycles. The minimum atomic E-state index is -3.62. The SMILES string of the molecule is Cc1nc(S(=O)(=O)N2CCC[C@@H](Oc3ccncc3Cl)C2)cn1C. The van der Waals surface area contributed by atoms with Crippen molar-refractivity contribution < 1.29 is 13.2 Å². The molecule has 130 valence electrons. The Balaban J connectivity index is 1.76. The highest BCUT2D eigenvalue weighted by molar-refractivity contribution is 7.89. The summed E-state index contributed by atoms with van der Waals surface area (Å²) in [5.41, 5.74) is 0. The largest absolute Gasteiger partial charge is 0.487 e. The number of halogens is 1. The van der Waals surface area contributed by atoms with Crippen molar-refractivity contribution in [1.82, 2.24) is 18.8 Å². The Kier molecular flexibility index (Phi) is 4.80. The molecule has 1 saturated heterocycles. The summed E-state index contributed by atoms with van der Waals surface area (Å²) >= 11 is 6.05. The summed E-state index contributed by atoms with van der Waals surface area (Å²) in [5, 5.41) is 0.489. The highest BCUT2D eigenvalue weighted by Crippen LogP contribution is 2.27. The molecule has 0 radical (unpaired) electrons. The maximum Gasteiger partial charge on any atom is 0.262 e. The summed E-state index contributed by atoms with van der Waals surface area (Å²) in [5.74, 6) is 1.17. The Morgan fingerprint density at radius 2 is 2.21 bits per heavy atom. The van der Waals surface area contributed by atoms with Gasteiger partial charge in [-0.25, -0.2) is 13.4 Å². The van der Waals surface area contributed by atoms with Gasteiger partial charge in [-0.05, 0) is 19.8 Å². The van der Waals surface area contributed by atoms with Crippen molar-refractivity contribution in [3.05, 3.63) is 35.5 Å². The third kappa shape index (κ3) is 3.40. The van der Waals surface area contributed by atoms with Crippen molar-refractivity contribution in [2.24, 2.45) is 7.05 Å². The predicted octanol–water partition coefficient (Wildman–Crippen LogP) is 2.01. The summed E-state index contributed by atoms with van der Waals surface area (Å²) in [6.07, 6.45) is 5.87. The van der Waals surface area contributed by atoms with Crippen LogP contribution in [0.3, 0.4) is 0 Å². The standard InChI is InChI=1S/C15H19ClN4O3S/c1-11-18-15(10-19(11)2)24(21,22)20-7-3-4-12(9-20)23-14-5-6-17-8-13(14)16/h5-6,8,10,12H,3-4,7,9H2,1-2H3/t12-/m1/s1. The molecular weight excluding hydrogens is 352 g/mol. The van der Waals surface area contributed by atoms with Crippen LogP contribution in [0.5, 0.6) is 5.75 Å². The normalized spacial score (nSPS) is 19.4. The number of piperidine rings is 1. The number of imidazole rings is 1. The molecule has 3 rings (SSSR count). The monoisotopic (exact) mass is 370 g/mol. The van der Waals surface area contributed by atoms with Gasteiger partial charge in [0, 0.05) is 38.2 Å². The fourth-order valence-corrected chi connectivity index (χ4v) is 4.34. The number of ether oxygens (including phenoxy) is 1. The quantitative estimate of drug-likeness (QED) is 0.822. The number of hydrogen-bond donors (Lipinski definition) is 0. The van der Waals surface area contributed by atoms with E-state index >= 15 is 0 Å². The second kappa shape index (κ2) is 6.70. The summed E-state index contributed by atoms with van der Waals surface area (Å²) in [6, 6.07) is 1.68. The second-order valence-electron chi connectivity index (χ2n) is 5.79. The average Bonchev–Trinajstić information content (AvgIpc) is 2.90. The number of sulfonamides is 1. The molecule has 3 heterocycles. The summed E-state index contributed by atoms with van der Waals surface area (Å²) in [4.78, 5) is 8.06. The minimum absolute atomic E-state index is 0.0742. The fraction of sp³-hybridized carbons (Fsp3) is 0.467. The Labute approximate surface area is 146 Å². The van der Waals surface area contributed by atoms with E-state index in [-0.39, 0.29) is 17.7 Å². The number of pyridine rings is 1. The highest BCUT2D eigenvalue weighted by Gasteiger charge is 2.33. The van der Waals surface area contributed by atoms with Crippen LogP contribution in [0.2, 0.25) is 5.02 Å². The number of aryl methyl sites for hydroxylation is 2. The zero-order chi connectivity index (χ0) is 17.3. The van der Waals surface area contributed by atoms with Crippen molar-refractivity contribution in [3.63, 3.8) is 0 Å². The molecule has 2 aromatic rings. The molecule has 1 aliphatic rings. The van der Waals surface area contributed by atoms with Gasteiger partial charge in [-0.2, -0.15) is 4.31 Å². The lowest BCUT2D eigenvalue weighted by molar-refractivity contribution is 0.129. The van der Waals surface area contributed by atoms with Crippen LogP contribution in [-0.4, -0.2) is 46.5 Å². The second-order valence-corrected chi connectivity index (χ2v) is 8.08. The molecule has 0 N–H and O–H groups in total. The van der Waals surface area contributed by atoms with Crippen LogP contribution in [-0.2, 0) is 17.1 Å². The summed E-state index contributed by atoms with van der Waals surface area (Å²) < 4.78 is 34.5. The Bertz CT molecular complexity index is 817. The summed E-state index contributed by atoms with van der Waals surface area (Å²) in [6.45, 7) is 2.51. The van der Waals surface area contributed by atoms with Crippen molar-refractivity contribution >= 4 is 21.6 Å². The number of nitrogens with zero attached hydrogens (tertiary/aromatic N) is 4. The van der Waals surface area contributed by atoms with Gasteiger partial charge in [0.15, 0.2) is 5.03 Å². The molecule has 1 aliphatic heterocycles. The molecule has 1 fully saturated rings. The minimum Gasteiger partial charge on any atom is -0.487 e. The molecule has 0 bridgehead atoms. The van der Waals surface area contributed by atoms with Crippen LogP contribution in [0.25, 0.3) is 0 Å². The van der Waals surface area contributed by atoms with Crippen LogP contribution in [0.1, 0.15) is 18.7 Å². The van der Waals surface area contributed by atoms with Gasteiger partial charge in [0.2, 0.25) is 0 Å². The maximum atomic E-state index is 12.8. The van der Waals surface area contributed by atoms with E-state index in [0.717, 1.165) is 12.8 Å². The van der Waals surface area contributed by atoms with Crippen molar-refractivity contribution in [3.8, 4) is 5.75 Å². The smallest absolute Gasteiger partial charge is 0.262 e. The lowest BCUT2D eigenvalue weighted by Gasteiger charge is -2.31. The molecule has 0 aliphatic carbocycles. The van der Waals surface area contributed by atoms with Crippen molar-refractivity contribution in [2.75, 3.05) is 13.1 Å². The molecule has 0 unspecified atom stereocenters. The van der Waals surface area contributed by atoms with E-state index < -0.39 is 10.0 Å². The molecule has 24 heavy (non-hydrogen) atoms. The predicted molar refractivity (Wildman–Crippen MR) is 89.6 cm³/mol. The van der Waals surface area contributed by atoms with Gasteiger partial charge in [0.05, 0.1) is 6.54 Å². The van der Waals surface area contributed by atoms with Crippen molar-refractivity contribution in [1.29, 1.82) is 0 Å². The first kappa shape index (κ1) is 17.2. The molecule has 9 heteroatoms. The first-order valence-electron chi connectivity index (χ1n) is 7.64. The molecule has 0 amide bonds. The van der Waals surface area contributed by atoms with Gasteiger partial charge in [-0.3, -0.25) is 4.98 Å². The summed E-state index contributed by atoms with van der Waals surface area (Å²) in [7, 11) is -1.85. The average molecular weight is 371 g/mol. The van der Waals surface area contributed by atoms with E-state index in [0.29, 0.717) is 23.1 Å². The number of hydrogen-bond acceptors (Lipinski definition) is 5. The van der Waals surface area contributed by atoms with Gasteiger partial charge in [-0.1, -0.05) is 11.6 Å². The highest BCUT2D eigenvalue weighted by atomic mass is 35.5. The molecule has 2 aromatic heterocycles. The van der Waals surface area contributed by atoms with Crippen LogP contribution in [0.15, 0.2) is 29.7 Å². The van der Waals surface area contributed by atoms with Gasteiger partial charge < -0.3 is 9.30 Å². The van der Waals surface area contributed by atoms with Crippen LogP contribution in [0.4, 0.5) is 0 Å². The topological polar surface area (TPSA) is 77.3 Å². The van der Waals surface area contributed by atoms with Crippen molar-refractivity contribution in [2.45, 2.75) is 30.9 Å². The van der Waals surface area contributed by atoms with Gasteiger partial charge >= 0.3 is 0 Å². The van der Waals surface area contributed by atoms with E-state index in [9.17, 15) is 8.42 Å². The van der Waals surface area contributed by atoms with E-state index in [2.05, 4.69) is 9.97 Å². The van der Waals surface area contributed by atoms with Gasteiger partial charge in [0.25, 0.3) is 10.0 Å². The zero-order valence-corrected chi connectivity index (χ0v) is 15.1. The molecule has 0 aromatic carbocycles. The molecule has 1 atom stereocenters. The maximum absolute atomic E-state index is 12.8. The van der Waals surface area contributed by atoms with E-state index in [4.69, 9.17) is 16.3 Å². The van der Waals surface area contributed by atoms with Gasteiger partial charge in [-0.15, -0.1) is 0 Å². The van der Waals surface area contributed by atoms with Crippen LogP contribution in [0, 0.1) is 6.92 Å². The lowest BCUT2D eigenvalue weighted by Crippen LogP contribution is -2.44. The van der Waals surface area contributed by atoms with Gasteiger partial charge in [0.1, 0.15) is 22.7 Å². The Morgan fingerprint density at radius 1 is 1.42 bits per heavy atom. The third-order valence-electron chi connectivity index (χ3n) is 4.06. The third-order valence-corrected chi connectivity index (χ3v) is 6.08.